The average Bonchev–Trinajstić information content (AvgIpc) is 3.06. The lowest BCUT2D eigenvalue weighted by Crippen LogP contribution is -2.46. The van der Waals surface area contributed by atoms with Crippen LogP contribution in [-0.2, 0) is 4.74 Å². The molecule has 0 spiro atoms. The van der Waals surface area contributed by atoms with E-state index in [0.29, 0.717) is 11.3 Å². The molecule has 1 N–H and O–H groups in total. The number of fused-ring (bicyclic) bond motifs is 1. The zero-order valence-electron chi connectivity index (χ0n) is 13.9. The maximum absolute atomic E-state index is 12.3. The number of halogens is 3. The van der Waals surface area contributed by atoms with Gasteiger partial charge in [0.25, 0.3) is 5.91 Å². The Labute approximate surface area is 180 Å². The smallest absolute Gasteiger partial charge is 0.253 e. The number of thioether (sulfide) groups is 1. The molecule has 27 heavy (non-hydrogen) atoms. The van der Waals surface area contributed by atoms with Crippen molar-refractivity contribution >= 4 is 74.0 Å². The van der Waals surface area contributed by atoms with Crippen molar-refractivity contribution in [2.75, 3.05) is 12.4 Å². The molecule has 0 saturated carbocycles. The van der Waals surface area contributed by atoms with Crippen LogP contribution in [0.15, 0.2) is 58.9 Å². The summed E-state index contributed by atoms with van der Waals surface area (Å²) < 4.78 is 5.91. The number of hydrogen-bond donors (Lipinski definition) is 1. The zero-order chi connectivity index (χ0) is 19.3. The van der Waals surface area contributed by atoms with Gasteiger partial charge < -0.3 is 10.1 Å². The van der Waals surface area contributed by atoms with Crippen molar-refractivity contribution in [3.05, 3.63) is 60.2 Å². The van der Waals surface area contributed by atoms with Gasteiger partial charge in [-0.05, 0) is 24.3 Å². The Hall–Kier alpha value is -1.02. The molecule has 0 radical (unpaired) electrons. The molecule has 0 aliphatic rings. The van der Waals surface area contributed by atoms with Crippen LogP contribution in [0.1, 0.15) is 10.4 Å². The van der Waals surface area contributed by atoms with Gasteiger partial charge in [-0.3, -0.25) is 4.79 Å². The Morgan fingerprint density at radius 1 is 1.15 bits per heavy atom. The number of nitrogens with zero attached hydrogens (tertiary/aromatic N) is 1. The van der Waals surface area contributed by atoms with Crippen LogP contribution >= 0.6 is 57.9 Å². The highest BCUT2D eigenvalue weighted by Crippen LogP contribution is 2.32. The topological polar surface area (TPSA) is 51.2 Å². The van der Waals surface area contributed by atoms with Crippen molar-refractivity contribution in [3.8, 4) is 0 Å². The fourth-order valence-corrected chi connectivity index (χ4v) is 4.54. The molecule has 142 valence electrons. The van der Waals surface area contributed by atoms with Crippen molar-refractivity contribution in [2.45, 2.75) is 14.4 Å². The number of amides is 1. The van der Waals surface area contributed by atoms with Gasteiger partial charge in [0, 0.05) is 11.3 Å². The van der Waals surface area contributed by atoms with Gasteiger partial charge in [-0.15, -0.1) is 11.3 Å². The third-order valence-electron chi connectivity index (χ3n) is 3.46. The third-order valence-corrected chi connectivity index (χ3v) is 6.20. The molecule has 3 rings (SSSR count). The van der Waals surface area contributed by atoms with E-state index in [1.807, 2.05) is 30.3 Å². The van der Waals surface area contributed by atoms with Gasteiger partial charge in [-0.1, -0.05) is 76.9 Å². The minimum absolute atomic E-state index is 0.286. The lowest BCUT2D eigenvalue weighted by Gasteiger charge is -2.25. The molecule has 1 amide bonds. The van der Waals surface area contributed by atoms with E-state index in [1.165, 1.54) is 0 Å². The summed E-state index contributed by atoms with van der Waals surface area (Å²) >= 11 is 21.0. The molecule has 1 heterocycles. The third kappa shape index (κ3) is 5.98. The summed E-state index contributed by atoms with van der Waals surface area (Å²) in [6.07, 6.45) is -1.06. The maximum Gasteiger partial charge on any atom is 0.253 e. The first-order valence-electron chi connectivity index (χ1n) is 7.96. The summed E-state index contributed by atoms with van der Waals surface area (Å²) in [4.78, 5) is 16.8. The Morgan fingerprint density at radius 2 is 1.85 bits per heavy atom. The average molecular weight is 462 g/mol. The van der Waals surface area contributed by atoms with E-state index in [4.69, 9.17) is 39.5 Å². The number of benzene rings is 2. The number of hydrogen-bond acceptors (Lipinski definition) is 5. The molecule has 3 aromatic rings. The number of aromatic nitrogens is 1. The Kier molecular flexibility index (Phi) is 7.25. The number of ether oxygens (including phenoxy) is 1. The van der Waals surface area contributed by atoms with Crippen LogP contribution in [0.4, 0.5) is 0 Å². The molecular formula is C18H15Cl3N2O2S2. The van der Waals surface area contributed by atoms with E-state index >= 15 is 0 Å². The Morgan fingerprint density at radius 3 is 2.56 bits per heavy atom. The first-order chi connectivity index (χ1) is 12.9. The quantitative estimate of drug-likeness (QED) is 0.217. The molecule has 2 aromatic carbocycles. The van der Waals surface area contributed by atoms with E-state index in [0.717, 1.165) is 14.6 Å². The van der Waals surface area contributed by atoms with Gasteiger partial charge >= 0.3 is 0 Å². The summed E-state index contributed by atoms with van der Waals surface area (Å²) in [6.45, 7) is 0.286. The number of nitrogens with one attached hydrogen (secondary N) is 1. The van der Waals surface area contributed by atoms with Crippen molar-refractivity contribution in [2.24, 2.45) is 0 Å². The summed E-state index contributed by atoms with van der Waals surface area (Å²) in [5.74, 6) is 0.240. The van der Waals surface area contributed by atoms with Crippen molar-refractivity contribution in [3.63, 3.8) is 0 Å². The van der Waals surface area contributed by atoms with Crippen LogP contribution in [0.3, 0.4) is 0 Å². The molecule has 0 aliphatic carbocycles. The van der Waals surface area contributed by atoms with Crippen molar-refractivity contribution < 1.29 is 9.53 Å². The number of rotatable bonds is 7. The predicted octanol–water partition coefficient (Wildman–Crippen LogP) is 5.53. The predicted molar refractivity (Wildman–Crippen MR) is 114 cm³/mol. The standard InChI is InChI=1S/C18H15Cl3N2O2S2/c19-18(20,21)16(23-15(24)12-6-2-1-3-7-12)25-10-11-26-17-22-13-8-4-5-9-14(13)27-17/h1-9,16H,10-11H2,(H,23,24)/t16-/m1/s1. The molecule has 1 aromatic heterocycles. The SMILES string of the molecule is O=C(N[C@H](OCCSc1nc2ccccc2s1)C(Cl)(Cl)Cl)c1ccccc1. The van der Waals surface area contributed by atoms with Crippen LogP contribution < -0.4 is 5.32 Å². The molecule has 9 heteroatoms. The maximum atomic E-state index is 12.3. The van der Waals surface area contributed by atoms with E-state index in [-0.39, 0.29) is 12.5 Å². The second-order valence-electron chi connectivity index (χ2n) is 5.43. The molecule has 0 saturated heterocycles. The molecule has 0 fully saturated rings. The molecule has 1 atom stereocenters. The van der Waals surface area contributed by atoms with Gasteiger partial charge in [0.05, 0.1) is 16.8 Å². The summed E-state index contributed by atoms with van der Waals surface area (Å²) in [5, 5.41) is 2.61. The van der Waals surface area contributed by atoms with Crippen molar-refractivity contribution in [1.82, 2.24) is 10.3 Å². The first-order valence-corrected chi connectivity index (χ1v) is 10.9. The first kappa shape index (κ1) is 20.7. The van der Waals surface area contributed by atoms with Crippen LogP contribution in [-0.4, -0.2) is 33.3 Å². The largest absolute Gasteiger partial charge is 0.353 e. The number of thiazole rings is 1. The fraction of sp³-hybridized carbons (Fsp3) is 0.222. The van der Waals surface area contributed by atoms with Crippen LogP contribution in [0.2, 0.25) is 0 Å². The minimum atomic E-state index is -1.79. The highest BCUT2D eigenvalue weighted by Gasteiger charge is 2.35. The molecule has 0 unspecified atom stereocenters. The zero-order valence-corrected chi connectivity index (χ0v) is 17.8. The van der Waals surface area contributed by atoms with Gasteiger partial charge in [0.1, 0.15) is 0 Å². The number of carbonyl (C=O) groups excluding carboxylic acids is 1. The summed E-state index contributed by atoms with van der Waals surface area (Å²) in [5.41, 5.74) is 1.43. The molecule has 4 nitrogen and oxygen atoms in total. The number of para-hydroxylation sites is 1. The highest BCUT2D eigenvalue weighted by molar-refractivity contribution is 8.01. The second kappa shape index (κ2) is 9.45. The second-order valence-corrected chi connectivity index (χ2v) is 10.2. The van der Waals surface area contributed by atoms with Gasteiger partial charge in [0.15, 0.2) is 10.6 Å². The summed E-state index contributed by atoms with van der Waals surface area (Å²) in [7, 11) is 0. The van der Waals surface area contributed by atoms with E-state index in [9.17, 15) is 4.79 Å². The molecule has 0 aliphatic heterocycles. The van der Waals surface area contributed by atoms with E-state index in [2.05, 4.69) is 10.3 Å². The van der Waals surface area contributed by atoms with E-state index < -0.39 is 10.0 Å². The number of carbonyl (C=O) groups is 1. The van der Waals surface area contributed by atoms with Gasteiger partial charge in [-0.2, -0.15) is 0 Å². The van der Waals surface area contributed by atoms with Crippen LogP contribution in [0.5, 0.6) is 0 Å². The minimum Gasteiger partial charge on any atom is -0.353 e. The van der Waals surface area contributed by atoms with Crippen molar-refractivity contribution in [1.29, 1.82) is 0 Å². The fourth-order valence-electron chi connectivity index (χ4n) is 2.22. The lowest BCUT2D eigenvalue weighted by molar-refractivity contribution is 0.0381. The Balaban J connectivity index is 1.53. The van der Waals surface area contributed by atoms with E-state index in [1.54, 1.807) is 47.4 Å². The van der Waals surface area contributed by atoms with Crippen LogP contribution in [0.25, 0.3) is 10.2 Å². The highest BCUT2D eigenvalue weighted by atomic mass is 35.6. The molecular weight excluding hydrogens is 447 g/mol. The van der Waals surface area contributed by atoms with Gasteiger partial charge in [-0.25, -0.2) is 4.98 Å². The molecule has 0 bridgehead atoms. The summed E-state index contributed by atoms with van der Waals surface area (Å²) in [6, 6.07) is 16.6. The Bertz CT molecular complexity index is 867. The lowest BCUT2D eigenvalue weighted by atomic mass is 10.2. The number of alkyl halides is 3. The van der Waals surface area contributed by atoms with Crippen LogP contribution in [0, 0.1) is 0 Å². The van der Waals surface area contributed by atoms with Gasteiger partial charge in [0.2, 0.25) is 3.79 Å². The normalized spacial score (nSPS) is 12.9. The monoisotopic (exact) mass is 460 g/mol.